The Morgan fingerprint density at radius 1 is 1.06 bits per heavy atom. The zero-order valence-electron chi connectivity index (χ0n) is 20.5. The molecule has 4 nitrogen and oxygen atoms in total. The summed E-state index contributed by atoms with van der Waals surface area (Å²) in [6.45, 7) is 6.61. The number of hydrogen-bond donors (Lipinski definition) is 0. The van der Waals surface area contributed by atoms with Crippen molar-refractivity contribution in [2.24, 2.45) is 5.92 Å². The van der Waals surface area contributed by atoms with Crippen LogP contribution in [0.25, 0.3) is 0 Å². The number of rotatable bonds is 6. The molecular formula is C28H29F3N2O2S. The lowest BCUT2D eigenvalue weighted by atomic mass is 9.90. The molecular weight excluding hydrogens is 485 g/mol. The van der Waals surface area contributed by atoms with Gasteiger partial charge in [-0.2, -0.15) is 13.2 Å². The molecule has 0 bridgehead atoms. The molecule has 8 heteroatoms. The second-order valence-electron chi connectivity index (χ2n) is 9.55. The molecule has 0 N–H and O–H groups in total. The molecule has 0 aliphatic carbocycles. The minimum atomic E-state index is -4.48. The predicted molar refractivity (Wildman–Crippen MR) is 135 cm³/mol. The summed E-state index contributed by atoms with van der Waals surface area (Å²) >= 11 is 1.69. The highest BCUT2D eigenvalue weighted by molar-refractivity contribution is 7.10. The summed E-state index contributed by atoms with van der Waals surface area (Å²) in [6.07, 6.45) is -3.73. The Hall–Kier alpha value is -3.13. The smallest absolute Gasteiger partial charge is 0.330 e. The first kappa shape index (κ1) is 25.9. The van der Waals surface area contributed by atoms with Gasteiger partial charge in [-0.05, 0) is 71.7 Å². The second kappa shape index (κ2) is 10.5. The van der Waals surface area contributed by atoms with Crippen molar-refractivity contribution in [3.8, 4) is 0 Å². The van der Waals surface area contributed by atoms with Crippen LogP contribution in [0.4, 0.5) is 13.2 Å². The third-order valence-corrected chi connectivity index (χ3v) is 7.42. The van der Waals surface area contributed by atoms with E-state index < -0.39 is 17.6 Å². The Balaban J connectivity index is 1.61. The van der Waals surface area contributed by atoms with Crippen LogP contribution in [0.15, 0.2) is 60.0 Å². The molecule has 1 aliphatic rings. The van der Waals surface area contributed by atoms with Crippen molar-refractivity contribution in [2.75, 3.05) is 19.6 Å². The van der Waals surface area contributed by atoms with Gasteiger partial charge in [-0.25, -0.2) is 0 Å². The highest BCUT2D eigenvalue weighted by Crippen LogP contribution is 2.39. The maximum absolute atomic E-state index is 13.7. The van der Waals surface area contributed by atoms with Gasteiger partial charge in [-0.3, -0.25) is 9.59 Å². The van der Waals surface area contributed by atoms with Gasteiger partial charge in [0.1, 0.15) is 6.54 Å². The lowest BCUT2D eigenvalue weighted by molar-refractivity contribution is -0.137. The van der Waals surface area contributed by atoms with Gasteiger partial charge in [0.05, 0.1) is 11.6 Å². The fourth-order valence-corrected chi connectivity index (χ4v) is 5.62. The van der Waals surface area contributed by atoms with E-state index in [1.165, 1.54) is 21.9 Å². The highest BCUT2D eigenvalue weighted by Gasteiger charge is 2.35. The van der Waals surface area contributed by atoms with Crippen LogP contribution >= 0.6 is 11.3 Å². The number of benzene rings is 2. The summed E-state index contributed by atoms with van der Waals surface area (Å²) in [5.74, 6) is -0.555. The summed E-state index contributed by atoms with van der Waals surface area (Å²) in [7, 11) is 0. The van der Waals surface area contributed by atoms with Crippen LogP contribution in [-0.4, -0.2) is 41.2 Å². The van der Waals surface area contributed by atoms with Crippen molar-refractivity contribution in [3.05, 3.63) is 92.7 Å². The average Bonchev–Trinajstić information content (AvgIpc) is 3.31. The molecule has 2 heterocycles. The van der Waals surface area contributed by atoms with Gasteiger partial charge in [0, 0.05) is 23.5 Å². The molecule has 190 valence electrons. The van der Waals surface area contributed by atoms with E-state index in [1.807, 2.05) is 55.3 Å². The van der Waals surface area contributed by atoms with E-state index in [9.17, 15) is 22.8 Å². The molecule has 0 radical (unpaired) electrons. The number of halogens is 3. The first-order valence-corrected chi connectivity index (χ1v) is 12.8. The van der Waals surface area contributed by atoms with Crippen LogP contribution in [0.1, 0.15) is 57.4 Å². The Kier molecular flexibility index (Phi) is 7.54. The maximum atomic E-state index is 13.7. The Bertz CT molecular complexity index is 1230. The van der Waals surface area contributed by atoms with Crippen molar-refractivity contribution in [2.45, 2.75) is 39.4 Å². The van der Waals surface area contributed by atoms with Gasteiger partial charge >= 0.3 is 6.18 Å². The Labute approximate surface area is 213 Å². The first-order chi connectivity index (χ1) is 17.1. The molecule has 3 aromatic rings. The van der Waals surface area contributed by atoms with Gasteiger partial charge in [0.15, 0.2) is 0 Å². The molecule has 1 atom stereocenters. The van der Waals surface area contributed by atoms with Gasteiger partial charge < -0.3 is 9.80 Å². The van der Waals surface area contributed by atoms with Crippen molar-refractivity contribution in [1.82, 2.24) is 9.80 Å². The number of alkyl halides is 3. The van der Waals surface area contributed by atoms with Crippen molar-refractivity contribution in [1.29, 1.82) is 0 Å². The molecule has 0 saturated carbocycles. The van der Waals surface area contributed by atoms with Crippen LogP contribution in [0.2, 0.25) is 0 Å². The van der Waals surface area contributed by atoms with Gasteiger partial charge in [-0.1, -0.05) is 38.1 Å². The van der Waals surface area contributed by atoms with E-state index in [0.717, 1.165) is 35.2 Å². The first-order valence-electron chi connectivity index (χ1n) is 11.9. The molecule has 2 aromatic carbocycles. The molecule has 1 unspecified atom stereocenters. The van der Waals surface area contributed by atoms with Crippen LogP contribution in [0.3, 0.4) is 0 Å². The Morgan fingerprint density at radius 3 is 2.39 bits per heavy atom. The van der Waals surface area contributed by atoms with Crippen LogP contribution in [-0.2, 0) is 17.4 Å². The number of carbonyl (C=O) groups is 2. The number of hydrogen-bond acceptors (Lipinski definition) is 3. The monoisotopic (exact) mass is 514 g/mol. The predicted octanol–water partition coefficient (Wildman–Crippen LogP) is 6.35. The molecule has 0 fully saturated rings. The van der Waals surface area contributed by atoms with E-state index in [2.05, 4.69) is 6.07 Å². The standard InChI is InChI=1S/C28H29F3N2O2S/c1-18(2)16-32(27(35)20-8-10-21(11-9-20)28(29,30)31)17-25(34)33-14-12-24-23(13-15-36-24)26(33)22-7-5-4-6-19(22)3/h4-11,13,15,18,26H,12,14,16-17H2,1-3H3. The molecule has 0 spiro atoms. The number of amides is 2. The van der Waals surface area contributed by atoms with Gasteiger partial charge in [0.25, 0.3) is 5.91 Å². The molecule has 0 saturated heterocycles. The van der Waals surface area contributed by atoms with Crippen LogP contribution in [0.5, 0.6) is 0 Å². The van der Waals surface area contributed by atoms with E-state index in [-0.39, 0.29) is 30.0 Å². The fourth-order valence-electron chi connectivity index (χ4n) is 4.71. The molecule has 36 heavy (non-hydrogen) atoms. The number of carbonyl (C=O) groups excluding carboxylic acids is 2. The maximum Gasteiger partial charge on any atom is 0.416 e. The number of aryl methyl sites for hydroxylation is 1. The normalized spacial score (nSPS) is 15.6. The minimum Gasteiger partial charge on any atom is -0.330 e. The van der Waals surface area contributed by atoms with Crippen molar-refractivity contribution in [3.63, 3.8) is 0 Å². The number of fused-ring (bicyclic) bond motifs is 1. The van der Waals surface area contributed by atoms with Gasteiger partial charge in [0.2, 0.25) is 5.91 Å². The van der Waals surface area contributed by atoms with Crippen LogP contribution < -0.4 is 0 Å². The average molecular weight is 515 g/mol. The minimum absolute atomic E-state index is 0.0770. The van der Waals surface area contributed by atoms with E-state index in [1.54, 1.807) is 11.3 Å². The van der Waals surface area contributed by atoms with Crippen molar-refractivity contribution >= 4 is 23.2 Å². The molecule has 1 aliphatic heterocycles. The largest absolute Gasteiger partial charge is 0.416 e. The Morgan fingerprint density at radius 2 is 1.75 bits per heavy atom. The number of thiophene rings is 1. The lowest BCUT2D eigenvalue weighted by Gasteiger charge is -2.38. The van der Waals surface area contributed by atoms with Crippen molar-refractivity contribution < 1.29 is 22.8 Å². The molecule has 4 rings (SSSR count). The molecule has 2 amide bonds. The van der Waals surface area contributed by atoms with E-state index in [4.69, 9.17) is 0 Å². The summed E-state index contributed by atoms with van der Waals surface area (Å²) in [5.41, 5.74) is 2.56. The third-order valence-electron chi connectivity index (χ3n) is 6.43. The summed E-state index contributed by atoms with van der Waals surface area (Å²) in [5, 5.41) is 2.04. The zero-order chi connectivity index (χ0) is 26.0. The van der Waals surface area contributed by atoms with Crippen LogP contribution in [0, 0.1) is 12.8 Å². The lowest BCUT2D eigenvalue weighted by Crippen LogP contribution is -2.47. The summed E-state index contributed by atoms with van der Waals surface area (Å²) in [6, 6.07) is 14.0. The SMILES string of the molecule is Cc1ccccc1C1c2ccsc2CCN1C(=O)CN(CC(C)C)C(=O)c1ccc(C(F)(F)F)cc1. The topological polar surface area (TPSA) is 40.6 Å². The quantitative estimate of drug-likeness (QED) is 0.385. The summed E-state index contributed by atoms with van der Waals surface area (Å²) < 4.78 is 38.9. The van der Waals surface area contributed by atoms with E-state index >= 15 is 0 Å². The summed E-state index contributed by atoms with van der Waals surface area (Å²) in [4.78, 5) is 31.6. The fraction of sp³-hybridized carbons (Fsp3) is 0.357. The third kappa shape index (κ3) is 5.48. The number of nitrogens with zero attached hydrogens (tertiary/aromatic N) is 2. The van der Waals surface area contributed by atoms with Gasteiger partial charge in [-0.15, -0.1) is 11.3 Å². The highest BCUT2D eigenvalue weighted by atomic mass is 32.1. The van der Waals surface area contributed by atoms with E-state index in [0.29, 0.717) is 13.1 Å². The second-order valence-corrected chi connectivity index (χ2v) is 10.6. The molecule has 1 aromatic heterocycles. The zero-order valence-corrected chi connectivity index (χ0v) is 21.3.